The van der Waals surface area contributed by atoms with E-state index in [9.17, 15) is 4.79 Å². The molecule has 1 aliphatic rings. The quantitative estimate of drug-likeness (QED) is 0.623. The highest BCUT2D eigenvalue weighted by molar-refractivity contribution is 5.80. The van der Waals surface area contributed by atoms with E-state index in [2.05, 4.69) is 47.6 Å². The lowest BCUT2D eigenvalue weighted by atomic mass is 9.95. The Morgan fingerprint density at radius 2 is 1.90 bits per heavy atom. The van der Waals surface area contributed by atoms with Gasteiger partial charge in [-0.3, -0.25) is 9.78 Å². The fourth-order valence-electron chi connectivity index (χ4n) is 3.55. The molecule has 3 N–H and O–H groups in total. The van der Waals surface area contributed by atoms with E-state index in [1.54, 1.807) is 6.92 Å². The molecule has 0 saturated heterocycles. The van der Waals surface area contributed by atoms with Crippen LogP contribution >= 0.6 is 0 Å². The maximum absolute atomic E-state index is 11.3. The number of hydrogen-bond acceptors (Lipinski definition) is 3. The molecule has 1 atom stereocenters. The number of fused-ring (bicyclic) bond motifs is 1. The van der Waals surface area contributed by atoms with Crippen LogP contribution in [0.15, 0.2) is 48.8 Å². The second-order valence-electron chi connectivity index (χ2n) is 7.07. The molecular formula is C23H28N2O4. The molecule has 29 heavy (non-hydrogen) atoms. The summed E-state index contributed by atoms with van der Waals surface area (Å²) in [4.78, 5) is 24.2. The van der Waals surface area contributed by atoms with Crippen molar-refractivity contribution in [1.82, 2.24) is 10.3 Å². The van der Waals surface area contributed by atoms with E-state index in [1.165, 1.54) is 35.1 Å². The van der Waals surface area contributed by atoms with Gasteiger partial charge in [0, 0.05) is 30.9 Å². The van der Waals surface area contributed by atoms with Crippen molar-refractivity contribution in [2.45, 2.75) is 52.0 Å². The first kappa shape index (κ1) is 22.1. The van der Waals surface area contributed by atoms with Crippen molar-refractivity contribution in [3.63, 3.8) is 0 Å². The van der Waals surface area contributed by atoms with Crippen molar-refractivity contribution < 1.29 is 19.8 Å². The van der Waals surface area contributed by atoms with Crippen molar-refractivity contribution in [2.24, 2.45) is 0 Å². The van der Waals surface area contributed by atoms with Gasteiger partial charge >= 0.3 is 6.16 Å². The Bertz CT molecular complexity index is 858. The highest BCUT2D eigenvalue weighted by Gasteiger charge is 2.22. The van der Waals surface area contributed by atoms with Gasteiger partial charge in [0.15, 0.2) is 0 Å². The maximum Gasteiger partial charge on any atom is 0.503 e. The van der Waals surface area contributed by atoms with E-state index in [0.717, 1.165) is 24.8 Å². The van der Waals surface area contributed by atoms with Crippen LogP contribution in [0.1, 0.15) is 55.4 Å². The number of benzene rings is 1. The average Bonchev–Trinajstić information content (AvgIpc) is 3.06. The summed E-state index contributed by atoms with van der Waals surface area (Å²) < 4.78 is 0. The normalized spacial score (nSPS) is 15.1. The van der Waals surface area contributed by atoms with E-state index in [-0.39, 0.29) is 11.9 Å². The fourth-order valence-corrected chi connectivity index (χ4v) is 3.55. The second-order valence-corrected chi connectivity index (χ2v) is 7.07. The summed E-state index contributed by atoms with van der Waals surface area (Å²) in [5, 5.41) is 17.0. The van der Waals surface area contributed by atoms with Gasteiger partial charge in [0.05, 0.1) is 0 Å². The summed E-state index contributed by atoms with van der Waals surface area (Å²) in [6, 6.07) is 11.1. The molecule has 6 nitrogen and oxygen atoms in total. The molecule has 1 aromatic heterocycles. The zero-order valence-corrected chi connectivity index (χ0v) is 16.9. The largest absolute Gasteiger partial charge is 0.503 e. The van der Waals surface area contributed by atoms with Gasteiger partial charge in [-0.25, -0.2) is 4.79 Å². The molecule has 0 radical (unpaired) electrons. The summed E-state index contributed by atoms with van der Waals surface area (Å²) in [5.74, 6) is 0.0496. The first-order valence-corrected chi connectivity index (χ1v) is 9.82. The number of carbonyl (C=O) groups is 2. The van der Waals surface area contributed by atoms with Crippen molar-refractivity contribution in [2.75, 3.05) is 0 Å². The van der Waals surface area contributed by atoms with Crippen LogP contribution in [0.3, 0.4) is 0 Å². The van der Waals surface area contributed by atoms with Crippen molar-refractivity contribution in [3.8, 4) is 0 Å². The molecule has 1 amide bonds. The van der Waals surface area contributed by atoms with E-state index in [1.807, 2.05) is 18.5 Å². The van der Waals surface area contributed by atoms with Gasteiger partial charge < -0.3 is 15.5 Å². The number of rotatable bonds is 6. The Morgan fingerprint density at radius 3 is 2.52 bits per heavy atom. The first-order valence-electron chi connectivity index (χ1n) is 9.82. The van der Waals surface area contributed by atoms with Crippen LogP contribution in [0.4, 0.5) is 4.79 Å². The average molecular weight is 396 g/mol. The maximum atomic E-state index is 11.3. The summed E-state index contributed by atoms with van der Waals surface area (Å²) in [6.45, 7) is 3.81. The standard InChI is InChI=1S/C22H26N2O.CH2O3/c1-3-4-5-8-22(19-7-6-11-23-15-19)18-10-9-17-13-21(24-16(2)25)14-20(17)12-18;2-1(3)4/h6-12,15,21H,3-5,13-14H2,1-2H3,(H,24,25);(H2,2,3,4). The predicted octanol–water partition coefficient (Wildman–Crippen LogP) is 4.53. The van der Waals surface area contributed by atoms with Gasteiger partial charge in [0.2, 0.25) is 5.91 Å². The third-order valence-corrected chi connectivity index (χ3v) is 4.74. The van der Waals surface area contributed by atoms with E-state index >= 15 is 0 Å². The summed E-state index contributed by atoms with van der Waals surface area (Å²) in [6.07, 6.45) is 9.56. The van der Waals surface area contributed by atoms with Crippen LogP contribution in [0.5, 0.6) is 0 Å². The molecule has 154 valence electrons. The number of nitrogens with zero attached hydrogens (tertiary/aromatic N) is 1. The zero-order valence-electron chi connectivity index (χ0n) is 16.9. The summed E-state index contributed by atoms with van der Waals surface area (Å²) in [5.41, 5.74) is 6.36. The minimum atomic E-state index is -1.83. The van der Waals surface area contributed by atoms with Crippen molar-refractivity contribution in [1.29, 1.82) is 0 Å². The highest BCUT2D eigenvalue weighted by Crippen LogP contribution is 2.30. The molecule has 0 fully saturated rings. The molecule has 3 rings (SSSR count). The topological polar surface area (TPSA) is 99.5 Å². The lowest BCUT2D eigenvalue weighted by molar-refractivity contribution is -0.119. The first-order chi connectivity index (χ1) is 13.9. The van der Waals surface area contributed by atoms with Crippen LogP contribution in [-0.4, -0.2) is 33.3 Å². The van der Waals surface area contributed by atoms with Gasteiger partial charge in [-0.05, 0) is 47.6 Å². The molecule has 0 spiro atoms. The second kappa shape index (κ2) is 11.0. The summed E-state index contributed by atoms with van der Waals surface area (Å²) >= 11 is 0. The van der Waals surface area contributed by atoms with Crippen LogP contribution in [-0.2, 0) is 17.6 Å². The number of amides is 1. The molecule has 1 heterocycles. The molecule has 1 aromatic carbocycles. The fraction of sp³-hybridized carbons (Fsp3) is 0.348. The Hall–Kier alpha value is -3.15. The van der Waals surface area contributed by atoms with Crippen molar-refractivity contribution >= 4 is 17.6 Å². The van der Waals surface area contributed by atoms with Gasteiger partial charge in [-0.1, -0.05) is 50.1 Å². The summed E-state index contributed by atoms with van der Waals surface area (Å²) in [7, 11) is 0. The van der Waals surface area contributed by atoms with Gasteiger partial charge in [0.25, 0.3) is 0 Å². The van der Waals surface area contributed by atoms with Crippen LogP contribution in [0.25, 0.3) is 5.57 Å². The van der Waals surface area contributed by atoms with Crippen LogP contribution < -0.4 is 5.32 Å². The lowest BCUT2D eigenvalue weighted by Crippen LogP contribution is -2.33. The van der Waals surface area contributed by atoms with Crippen LogP contribution in [0, 0.1) is 0 Å². The Kier molecular flexibility index (Phi) is 8.40. The molecule has 1 unspecified atom stereocenters. The molecule has 1 aliphatic carbocycles. The van der Waals surface area contributed by atoms with Crippen LogP contribution in [0.2, 0.25) is 0 Å². The number of allylic oxidation sites excluding steroid dienone is 1. The number of aromatic nitrogens is 1. The molecule has 0 bridgehead atoms. The minimum Gasteiger partial charge on any atom is -0.450 e. The number of pyridine rings is 1. The van der Waals surface area contributed by atoms with Crippen molar-refractivity contribution in [3.05, 3.63) is 71.1 Å². The SMILES string of the molecule is CCCCC=C(c1cccnc1)c1ccc2c(c1)CC(NC(C)=O)C2.O=C(O)O. The predicted molar refractivity (Wildman–Crippen MR) is 113 cm³/mol. The van der Waals surface area contributed by atoms with Gasteiger partial charge in [-0.2, -0.15) is 0 Å². The zero-order chi connectivity index (χ0) is 21.2. The third kappa shape index (κ3) is 7.07. The molecule has 0 saturated carbocycles. The Balaban J connectivity index is 0.000000687. The molecule has 6 heteroatoms. The number of nitrogens with one attached hydrogen (secondary N) is 1. The molecule has 0 aliphatic heterocycles. The van der Waals surface area contributed by atoms with E-state index < -0.39 is 6.16 Å². The third-order valence-electron chi connectivity index (χ3n) is 4.74. The number of carbonyl (C=O) groups excluding carboxylic acids is 1. The number of hydrogen-bond donors (Lipinski definition) is 3. The number of unbranched alkanes of at least 4 members (excludes halogenated alkanes) is 2. The lowest BCUT2D eigenvalue weighted by Gasteiger charge is -2.11. The van der Waals surface area contributed by atoms with Gasteiger partial charge in [0.1, 0.15) is 0 Å². The van der Waals surface area contributed by atoms with Gasteiger partial charge in [-0.15, -0.1) is 0 Å². The Labute approximate surface area is 171 Å². The monoisotopic (exact) mass is 396 g/mol. The van der Waals surface area contributed by atoms with E-state index in [0.29, 0.717) is 0 Å². The smallest absolute Gasteiger partial charge is 0.450 e. The number of carboxylic acid groups (broad SMARTS) is 2. The minimum absolute atomic E-state index is 0.0496. The highest BCUT2D eigenvalue weighted by atomic mass is 16.6. The molecule has 2 aromatic rings. The van der Waals surface area contributed by atoms with E-state index in [4.69, 9.17) is 15.0 Å². The molecular weight excluding hydrogens is 368 g/mol. The Morgan fingerprint density at radius 1 is 1.17 bits per heavy atom.